The molecule has 0 saturated carbocycles. The van der Waals surface area contributed by atoms with Crippen LogP contribution in [0.5, 0.6) is 0 Å². The van der Waals surface area contributed by atoms with Crippen molar-refractivity contribution in [3.8, 4) is 0 Å². The standard InChI is InChI=1S/C8H16F2N2O2S/c9-8(10)15(13,14)12-5-3-7-2-1-4-11-6-7/h7-8,11-12H,1-6H2. The Morgan fingerprint density at radius 2 is 2.20 bits per heavy atom. The molecule has 0 bridgehead atoms. The first kappa shape index (κ1) is 12.8. The summed E-state index contributed by atoms with van der Waals surface area (Å²) in [5, 5.41) is 3.18. The Morgan fingerprint density at radius 3 is 2.73 bits per heavy atom. The topological polar surface area (TPSA) is 58.2 Å². The van der Waals surface area contributed by atoms with E-state index in [1.807, 2.05) is 4.72 Å². The van der Waals surface area contributed by atoms with Gasteiger partial charge in [-0.3, -0.25) is 0 Å². The molecule has 1 saturated heterocycles. The SMILES string of the molecule is O=S(=O)(NCCC1CCCNC1)C(F)F. The predicted octanol–water partition coefficient (Wildman–Crippen LogP) is 0.518. The molecule has 0 spiro atoms. The molecule has 1 aliphatic rings. The fraction of sp³-hybridized carbons (Fsp3) is 1.00. The van der Waals surface area contributed by atoms with Crippen molar-refractivity contribution in [3.63, 3.8) is 0 Å². The minimum Gasteiger partial charge on any atom is -0.316 e. The minimum atomic E-state index is -4.40. The summed E-state index contributed by atoms with van der Waals surface area (Å²) in [5.41, 5.74) is 0. The molecule has 0 aromatic rings. The predicted molar refractivity (Wildman–Crippen MR) is 53.1 cm³/mol. The smallest absolute Gasteiger partial charge is 0.316 e. The molecule has 0 aromatic heterocycles. The summed E-state index contributed by atoms with van der Waals surface area (Å²) in [7, 11) is -4.40. The van der Waals surface area contributed by atoms with E-state index in [2.05, 4.69) is 5.32 Å². The summed E-state index contributed by atoms with van der Waals surface area (Å²) >= 11 is 0. The Morgan fingerprint density at radius 1 is 1.47 bits per heavy atom. The van der Waals surface area contributed by atoms with E-state index >= 15 is 0 Å². The van der Waals surface area contributed by atoms with E-state index in [-0.39, 0.29) is 6.54 Å². The van der Waals surface area contributed by atoms with E-state index in [1.54, 1.807) is 0 Å². The minimum absolute atomic E-state index is 0.0962. The maximum Gasteiger partial charge on any atom is 0.350 e. The number of rotatable bonds is 5. The maximum atomic E-state index is 11.9. The van der Waals surface area contributed by atoms with Crippen molar-refractivity contribution >= 4 is 10.0 Å². The quantitative estimate of drug-likeness (QED) is 0.739. The van der Waals surface area contributed by atoms with Crippen molar-refractivity contribution in [3.05, 3.63) is 0 Å². The summed E-state index contributed by atoms with van der Waals surface area (Å²) in [6.45, 7) is 1.93. The normalized spacial score (nSPS) is 23.3. The van der Waals surface area contributed by atoms with Crippen LogP contribution in [0, 0.1) is 5.92 Å². The Bertz CT molecular complexity index is 276. The summed E-state index contributed by atoms with van der Waals surface area (Å²) < 4.78 is 47.1. The number of sulfonamides is 1. The van der Waals surface area contributed by atoms with Crippen LogP contribution < -0.4 is 10.0 Å². The zero-order valence-corrected chi connectivity index (χ0v) is 9.19. The van der Waals surface area contributed by atoms with Crippen LogP contribution >= 0.6 is 0 Å². The van der Waals surface area contributed by atoms with Crippen molar-refractivity contribution in [1.29, 1.82) is 0 Å². The van der Waals surface area contributed by atoms with Gasteiger partial charge in [-0.1, -0.05) is 0 Å². The van der Waals surface area contributed by atoms with Crippen LogP contribution in [0.3, 0.4) is 0 Å². The van der Waals surface area contributed by atoms with Crippen molar-refractivity contribution in [2.75, 3.05) is 19.6 Å². The Hall–Kier alpha value is -0.270. The molecule has 0 aromatic carbocycles. The molecule has 1 fully saturated rings. The van der Waals surface area contributed by atoms with E-state index < -0.39 is 15.8 Å². The highest BCUT2D eigenvalue weighted by Crippen LogP contribution is 2.13. The molecular formula is C8H16F2N2O2S. The zero-order valence-electron chi connectivity index (χ0n) is 8.38. The lowest BCUT2D eigenvalue weighted by molar-refractivity contribution is 0.232. The molecule has 1 rings (SSSR count). The fourth-order valence-corrected chi connectivity index (χ4v) is 2.17. The number of halogens is 2. The molecule has 1 atom stereocenters. The fourth-order valence-electron chi connectivity index (χ4n) is 1.64. The number of nitrogens with one attached hydrogen (secondary N) is 2. The Balaban J connectivity index is 2.20. The van der Waals surface area contributed by atoms with E-state index in [4.69, 9.17) is 0 Å². The Labute approximate surface area is 88.5 Å². The first-order valence-electron chi connectivity index (χ1n) is 5.00. The van der Waals surface area contributed by atoms with E-state index in [0.717, 1.165) is 25.9 Å². The third-order valence-corrected chi connectivity index (χ3v) is 3.56. The van der Waals surface area contributed by atoms with E-state index in [9.17, 15) is 17.2 Å². The van der Waals surface area contributed by atoms with Gasteiger partial charge in [-0.25, -0.2) is 13.1 Å². The number of piperidine rings is 1. The van der Waals surface area contributed by atoms with Crippen molar-refractivity contribution < 1.29 is 17.2 Å². The molecule has 15 heavy (non-hydrogen) atoms. The third-order valence-electron chi connectivity index (χ3n) is 2.49. The molecule has 0 aliphatic carbocycles. The monoisotopic (exact) mass is 242 g/mol. The maximum absolute atomic E-state index is 11.9. The molecule has 90 valence electrons. The first-order chi connectivity index (χ1) is 7.02. The average molecular weight is 242 g/mol. The molecule has 0 radical (unpaired) electrons. The lowest BCUT2D eigenvalue weighted by Crippen LogP contribution is -2.34. The van der Waals surface area contributed by atoms with Gasteiger partial charge in [0.2, 0.25) is 0 Å². The largest absolute Gasteiger partial charge is 0.350 e. The van der Waals surface area contributed by atoms with Crippen molar-refractivity contribution in [2.45, 2.75) is 25.0 Å². The van der Waals surface area contributed by atoms with Crippen LogP contribution in [0.25, 0.3) is 0 Å². The van der Waals surface area contributed by atoms with Gasteiger partial charge in [-0.15, -0.1) is 0 Å². The van der Waals surface area contributed by atoms with Gasteiger partial charge in [0.25, 0.3) is 10.0 Å². The highest BCUT2D eigenvalue weighted by molar-refractivity contribution is 7.89. The van der Waals surface area contributed by atoms with Gasteiger partial charge in [-0.05, 0) is 38.3 Å². The van der Waals surface area contributed by atoms with Crippen LogP contribution in [-0.4, -0.2) is 33.8 Å². The van der Waals surface area contributed by atoms with Gasteiger partial charge in [0.05, 0.1) is 0 Å². The second-order valence-corrected chi connectivity index (χ2v) is 5.44. The summed E-state index contributed by atoms with van der Waals surface area (Å²) in [6, 6.07) is 0. The number of hydrogen-bond donors (Lipinski definition) is 2. The molecule has 1 heterocycles. The number of hydrogen-bond acceptors (Lipinski definition) is 3. The zero-order chi connectivity index (χ0) is 11.3. The molecule has 7 heteroatoms. The Kier molecular flexibility index (Phi) is 4.88. The second kappa shape index (κ2) is 5.72. The molecule has 1 aliphatic heterocycles. The van der Waals surface area contributed by atoms with E-state index in [1.165, 1.54) is 0 Å². The first-order valence-corrected chi connectivity index (χ1v) is 6.54. The third kappa shape index (κ3) is 4.40. The van der Waals surface area contributed by atoms with Crippen LogP contribution in [-0.2, 0) is 10.0 Å². The second-order valence-electron chi connectivity index (χ2n) is 3.70. The van der Waals surface area contributed by atoms with Crippen LogP contribution in [0.1, 0.15) is 19.3 Å². The molecule has 4 nitrogen and oxygen atoms in total. The number of alkyl halides is 2. The van der Waals surface area contributed by atoms with Crippen LogP contribution in [0.2, 0.25) is 0 Å². The van der Waals surface area contributed by atoms with Crippen molar-refractivity contribution in [1.82, 2.24) is 10.0 Å². The van der Waals surface area contributed by atoms with Gasteiger partial charge < -0.3 is 5.32 Å². The summed E-state index contributed by atoms with van der Waals surface area (Å²) in [5.74, 6) is -2.94. The summed E-state index contributed by atoms with van der Waals surface area (Å²) in [6.07, 6.45) is 2.70. The highest BCUT2D eigenvalue weighted by atomic mass is 32.2. The highest BCUT2D eigenvalue weighted by Gasteiger charge is 2.23. The van der Waals surface area contributed by atoms with Gasteiger partial charge >= 0.3 is 5.76 Å². The van der Waals surface area contributed by atoms with Crippen LogP contribution in [0.15, 0.2) is 0 Å². The molecule has 0 amide bonds. The van der Waals surface area contributed by atoms with Gasteiger partial charge in [0.15, 0.2) is 0 Å². The van der Waals surface area contributed by atoms with E-state index in [0.29, 0.717) is 12.3 Å². The summed E-state index contributed by atoms with van der Waals surface area (Å²) in [4.78, 5) is 0. The van der Waals surface area contributed by atoms with Gasteiger partial charge in [0.1, 0.15) is 0 Å². The lowest BCUT2D eigenvalue weighted by Gasteiger charge is -2.22. The van der Waals surface area contributed by atoms with Crippen molar-refractivity contribution in [2.24, 2.45) is 5.92 Å². The molecular weight excluding hydrogens is 226 g/mol. The average Bonchev–Trinajstić information content (AvgIpc) is 2.19. The molecule has 2 N–H and O–H groups in total. The van der Waals surface area contributed by atoms with Gasteiger partial charge in [0, 0.05) is 6.54 Å². The van der Waals surface area contributed by atoms with Gasteiger partial charge in [-0.2, -0.15) is 8.78 Å². The molecule has 1 unspecified atom stereocenters. The van der Waals surface area contributed by atoms with Crippen LogP contribution in [0.4, 0.5) is 8.78 Å². The lowest BCUT2D eigenvalue weighted by atomic mass is 9.96.